The van der Waals surface area contributed by atoms with E-state index in [1.165, 1.54) is 0 Å². The van der Waals surface area contributed by atoms with Crippen molar-refractivity contribution in [2.24, 2.45) is 4.99 Å². The monoisotopic (exact) mass is 368 g/mol. The number of guanidine groups is 1. The van der Waals surface area contributed by atoms with E-state index in [4.69, 9.17) is 16.3 Å². The molecule has 0 aliphatic carbocycles. The van der Waals surface area contributed by atoms with Crippen molar-refractivity contribution < 1.29 is 9.53 Å². The molecule has 0 aliphatic heterocycles. The molecular weight excluding hydrogens is 340 g/mol. The van der Waals surface area contributed by atoms with Gasteiger partial charge in [-0.3, -0.25) is 4.79 Å². The fourth-order valence-electron chi connectivity index (χ4n) is 2.18. The fraction of sp³-hybridized carbons (Fsp3) is 0.556. The van der Waals surface area contributed by atoms with Crippen LogP contribution in [0.2, 0.25) is 5.02 Å². The summed E-state index contributed by atoms with van der Waals surface area (Å²) in [5.41, 5.74) is 0.704. The standard InChI is InChI=1S/C18H29ClN4O2/c1-6-20-17(22-12-16(24)23-18(2,3)4)21-11-15(25-5)13-8-7-9-14(19)10-13/h7-10,15H,6,11-12H2,1-5H3,(H,23,24)(H2,20,21,22). The van der Waals surface area contributed by atoms with E-state index in [1.807, 2.05) is 52.0 Å². The van der Waals surface area contributed by atoms with E-state index in [2.05, 4.69) is 20.9 Å². The highest BCUT2D eigenvalue weighted by molar-refractivity contribution is 6.30. The van der Waals surface area contributed by atoms with Crippen LogP contribution in [-0.2, 0) is 9.53 Å². The number of carbonyl (C=O) groups is 1. The Labute approximate surface area is 155 Å². The van der Waals surface area contributed by atoms with Crippen molar-refractivity contribution >= 4 is 23.5 Å². The third-order valence-electron chi connectivity index (χ3n) is 3.20. The minimum atomic E-state index is -0.272. The minimum absolute atomic E-state index is 0.0570. The van der Waals surface area contributed by atoms with Crippen LogP contribution in [0.3, 0.4) is 0 Å². The topological polar surface area (TPSA) is 74.8 Å². The van der Waals surface area contributed by atoms with Gasteiger partial charge in [0, 0.05) is 30.8 Å². The number of benzene rings is 1. The number of aliphatic imine (C=N–C) groups is 1. The number of hydrogen-bond donors (Lipinski definition) is 3. The number of carbonyl (C=O) groups excluding carboxylic acids is 1. The molecule has 0 spiro atoms. The number of nitrogens with zero attached hydrogens (tertiary/aromatic N) is 1. The Bertz CT molecular complexity index is 585. The summed E-state index contributed by atoms with van der Waals surface area (Å²) in [5.74, 6) is 0.443. The van der Waals surface area contributed by atoms with Gasteiger partial charge in [0.25, 0.3) is 0 Å². The zero-order valence-corrected chi connectivity index (χ0v) is 16.4. The number of ether oxygens (including phenoxy) is 1. The molecule has 3 N–H and O–H groups in total. The maximum absolute atomic E-state index is 11.9. The van der Waals surface area contributed by atoms with Crippen LogP contribution in [0.5, 0.6) is 0 Å². The summed E-state index contributed by atoms with van der Waals surface area (Å²) >= 11 is 6.04. The number of halogens is 1. The predicted octanol–water partition coefficient (Wildman–Crippen LogP) is 2.50. The van der Waals surface area contributed by atoms with E-state index < -0.39 is 0 Å². The molecule has 0 saturated heterocycles. The van der Waals surface area contributed by atoms with Gasteiger partial charge in [-0.2, -0.15) is 0 Å². The van der Waals surface area contributed by atoms with E-state index in [1.54, 1.807) is 7.11 Å². The van der Waals surface area contributed by atoms with Gasteiger partial charge in [0.15, 0.2) is 5.96 Å². The molecule has 7 heteroatoms. The first kappa shape index (κ1) is 21.3. The maximum atomic E-state index is 11.9. The van der Waals surface area contributed by atoms with Crippen molar-refractivity contribution in [3.05, 3.63) is 34.9 Å². The first-order chi connectivity index (χ1) is 11.7. The number of hydrogen-bond acceptors (Lipinski definition) is 3. The zero-order valence-electron chi connectivity index (χ0n) is 15.6. The lowest BCUT2D eigenvalue weighted by Crippen LogP contribution is -2.43. The number of nitrogens with one attached hydrogen (secondary N) is 3. The Morgan fingerprint density at radius 3 is 2.60 bits per heavy atom. The van der Waals surface area contributed by atoms with E-state index in [0.717, 1.165) is 5.56 Å². The van der Waals surface area contributed by atoms with Crippen molar-refractivity contribution in [1.82, 2.24) is 16.0 Å². The molecule has 25 heavy (non-hydrogen) atoms. The van der Waals surface area contributed by atoms with Crippen molar-refractivity contribution in [3.8, 4) is 0 Å². The largest absolute Gasteiger partial charge is 0.375 e. The highest BCUT2D eigenvalue weighted by Crippen LogP contribution is 2.19. The van der Waals surface area contributed by atoms with Crippen LogP contribution in [0.25, 0.3) is 0 Å². The van der Waals surface area contributed by atoms with Crippen molar-refractivity contribution in [2.75, 3.05) is 26.7 Å². The summed E-state index contributed by atoms with van der Waals surface area (Å²) in [6, 6.07) is 7.55. The SMILES string of the molecule is CCNC(=NCC(=O)NC(C)(C)C)NCC(OC)c1cccc(Cl)c1. The molecule has 1 aromatic carbocycles. The minimum Gasteiger partial charge on any atom is -0.375 e. The average molecular weight is 369 g/mol. The lowest BCUT2D eigenvalue weighted by Gasteiger charge is -2.20. The van der Waals surface area contributed by atoms with Gasteiger partial charge in [0.2, 0.25) is 5.91 Å². The van der Waals surface area contributed by atoms with Crippen molar-refractivity contribution in [3.63, 3.8) is 0 Å². The van der Waals surface area contributed by atoms with E-state index in [0.29, 0.717) is 24.1 Å². The summed E-state index contributed by atoms with van der Waals surface area (Å²) in [7, 11) is 1.65. The summed E-state index contributed by atoms with van der Waals surface area (Å²) in [6.45, 7) is 9.04. The molecule has 0 aromatic heterocycles. The fourth-order valence-corrected chi connectivity index (χ4v) is 2.38. The molecule has 0 radical (unpaired) electrons. The lowest BCUT2D eigenvalue weighted by molar-refractivity contribution is -0.121. The van der Waals surface area contributed by atoms with Gasteiger partial charge in [-0.15, -0.1) is 0 Å². The quantitative estimate of drug-likeness (QED) is 0.510. The Kier molecular flexibility index (Phi) is 8.72. The van der Waals surface area contributed by atoms with Crippen LogP contribution in [0.15, 0.2) is 29.3 Å². The second-order valence-electron chi connectivity index (χ2n) is 6.65. The summed E-state index contributed by atoms with van der Waals surface area (Å²) in [4.78, 5) is 16.2. The number of rotatable bonds is 7. The van der Waals surface area contributed by atoms with Gasteiger partial charge in [0.05, 0.1) is 6.10 Å². The highest BCUT2D eigenvalue weighted by Gasteiger charge is 2.14. The molecule has 0 aliphatic rings. The van der Waals surface area contributed by atoms with Crippen LogP contribution >= 0.6 is 11.6 Å². The molecule has 1 rings (SSSR count). The van der Waals surface area contributed by atoms with Crippen LogP contribution in [-0.4, -0.2) is 44.1 Å². The van der Waals surface area contributed by atoms with E-state index in [-0.39, 0.29) is 24.1 Å². The van der Waals surface area contributed by atoms with Gasteiger partial charge < -0.3 is 20.7 Å². The molecule has 140 valence electrons. The zero-order chi connectivity index (χ0) is 18.9. The predicted molar refractivity (Wildman–Crippen MR) is 103 cm³/mol. The maximum Gasteiger partial charge on any atom is 0.242 e. The highest BCUT2D eigenvalue weighted by atomic mass is 35.5. The van der Waals surface area contributed by atoms with E-state index >= 15 is 0 Å². The third-order valence-corrected chi connectivity index (χ3v) is 3.43. The van der Waals surface area contributed by atoms with Gasteiger partial charge in [-0.1, -0.05) is 23.7 Å². The summed E-state index contributed by atoms with van der Waals surface area (Å²) in [6.07, 6.45) is -0.175. The van der Waals surface area contributed by atoms with Gasteiger partial charge >= 0.3 is 0 Å². The van der Waals surface area contributed by atoms with Crippen molar-refractivity contribution in [2.45, 2.75) is 39.3 Å². The third kappa shape index (κ3) is 8.74. The molecule has 1 aromatic rings. The normalized spacial score (nSPS) is 13.3. The molecule has 1 atom stereocenters. The molecule has 0 saturated carbocycles. The first-order valence-electron chi connectivity index (χ1n) is 8.36. The van der Waals surface area contributed by atoms with Crippen LogP contribution < -0.4 is 16.0 Å². The second kappa shape index (κ2) is 10.3. The Morgan fingerprint density at radius 2 is 2.04 bits per heavy atom. The smallest absolute Gasteiger partial charge is 0.242 e. The Hall–Kier alpha value is -1.79. The van der Waals surface area contributed by atoms with Gasteiger partial charge in [-0.05, 0) is 45.4 Å². The van der Waals surface area contributed by atoms with E-state index in [9.17, 15) is 4.79 Å². The second-order valence-corrected chi connectivity index (χ2v) is 7.09. The summed E-state index contributed by atoms with van der Waals surface area (Å²) < 4.78 is 5.53. The first-order valence-corrected chi connectivity index (χ1v) is 8.74. The summed E-state index contributed by atoms with van der Waals surface area (Å²) in [5, 5.41) is 9.87. The molecule has 0 heterocycles. The molecule has 0 fully saturated rings. The molecule has 0 bridgehead atoms. The number of methoxy groups -OCH3 is 1. The van der Waals surface area contributed by atoms with Gasteiger partial charge in [0.1, 0.15) is 6.54 Å². The van der Waals surface area contributed by atoms with Crippen LogP contribution in [0.1, 0.15) is 39.4 Å². The molecule has 6 nitrogen and oxygen atoms in total. The number of amides is 1. The van der Waals surface area contributed by atoms with Crippen LogP contribution in [0.4, 0.5) is 0 Å². The Morgan fingerprint density at radius 1 is 1.32 bits per heavy atom. The van der Waals surface area contributed by atoms with Crippen LogP contribution in [0, 0.1) is 0 Å². The molecule has 1 unspecified atom stereocenters. The average Bonchev–Trinajstić information content (AvgIpc) is 2.51. The molecule has 1 amide bonds. The lowest BCUT2D eigenvalue weighted by atomic mass is 10.1. The van der Waals surface area contributed by atoms with Gasteiger partial charge in [-0.25, -0.2) is 4.99 Å². The van der Waals surface area contributed by atoms with Crippen molar-refractivity contribution in [1.29, 1.82) is 0 Å². The Balaban J connectivity index is 2.67. The molecular formula is C18H29ClN4O2.